The number of aromatic nitrogens is 3. The summed E-state index contributed by atoms with van der Waals surface area (Å²) in [5.41, 5.74) is 5.12. The number of hydrogen-bond donors (Lipinski definition) is 3. The summed E-state index contributed by atoms with van der Waals surface area (Å²) in [5.74, 6) is 0.993. The molecular weight excluding hydrogens is 478 g/mol. The van der Waals surface area contributed by atoms with Gasteiger partial charge in [0.1, 0.15) is 17.9 Å². The van der Waals surface area contributed by atoms with Gasteiger partial charge in [-0.05, 0) is 45.1 Å². The smallest absolute Gasteiger partial charge is 0.247 e. The van der Waals surface area contributed by atoms with Crippen molar-refractivity contribution in [3.8, 4) is 17.0 Å². The van der Waals surface area contributed by atoms with Crippen molar-refractivity contribution in [1.29, 1.82) is 0 Å². The summed E-state index contributed by atoms with van der Waals surface area (Å²) in [7, 11) is 5.88. The number of para-hydroxylation sites is 1. The van der Waals surface area contributed by atoms with Crippen LogP contribution in [-0.4, -0.2) is 66.1 Å². The number of H-pyrrole nitrogens is 1. The Morgan fingerprint density at radius 2 is 1.95 bits per heavy atom. The molecule has 9 heteroatoms. The molecule has 2 aromatic carbocycles. The van der Waals surface area contributed by atoms with Crippen LogP contribution < -0.4 is 20.3 Å². The van der Waals surface area contributed by atoms with Crippen molar-refractivity contribution in [3.05, 3.63) is 67.6 Å². The van der Waals surface area contributed by atoms with Crippen LogP contribution in [-0.2, 0) is 4.79 Å². The summed E-state index contributed by atoms with van der Waals surface area (Å²) in [5, 5.41) is 7.44. The topological polar surface area (TPSA) is 98.4 Å². The molecule has 1 aliphatic heterocycles. The number of anilines is 4. The molecule has 0 aliphatic carbocycles. The number of aromatic amines is 1. The molecule has 0 radical (unpaired) electrons. The van der Waals surface area contributed by atoms with Gasteiger partial charge in [-0.3, -0.25) is 4.79 Å². The average Bonchev–Trinajstić information content (AvgIpc) is 3.38. The average molecular weight is 512 g/mol. The molecule has 1 fully saturated rings. The van der Waals surface area contributed by atoms with Crippen LogP contribution in [0.3, 0.4) is 0 Å². The lowest BCUT2D eigenvalue weighted by Gasteiger charge is -2.37. The first-order valence-corrected chi connectivity index (χ1v) is 12.7. The first kappa shape index (κ1) is 25.3. The fourth-order valence-corrected chi connectivity index (χ4v) is 5.00. The molecule has 0 atom stereocenters. The van der Waals surface area contributed by atoms with Gasteiger partial charge in [0.2, 0.25) is 5.91 Å². The van der Waals surface area contributed by atoms with Gasteiger partial charge in [-0.25, -0.2) is 9.97 Å². The van der Waals surface area contributed by atoms with E-state index in [0.717, 1.165) is 53.8 Å². The highest BCUT2D eigenvalue weighted by atomic mass is 16.5. The molecule has 4 aromatic rings. The Hall–Kier alpha value is -4.37. The minimum absolute atomic E-state index is 0.269. The first-order valence-electron chi connectivity index (χ1n) is 12.7. The number of methoxy groups -OCH3 is 1. The van der Waals surface area contributed by atoms with Crippen LogP contribution in [0.1, 0.15) is 12.8 Å². The molecule has 2 aromatic heterocycles. The van der Waals surface area contributed by atoms with E-state index in [2.05, 4.69) is 62.1 Å². The Morgan fingerprint density at radius 3 is 2.68 bits per heavy atom. The summed E-state index contributed by atoms with van der Waals surface area (Å²) in [6, 6.07) is 14.4. The van der Waals surface area contributed by atoms with Gasteiger partial charge >= 0.3 is 0 Å². The van der Waals surface area contributed by atoms with E-state index in [1.807, 2.05) is 42.6 Å². The van der Waals surface area contributed by atoms with E-state index < -0.39 is 0 Å². The van der Waals surface area contributed by atoms with E-state index in [1.165, 1.54) is 12.4 Å². The molecule has 3 N–H and O–H groups in total. The highest BCUT2D eigenvalue weighted by Gasteiger charge is 2.24. The lowest BCUT2D eigenvalue weighted by Crippen LogP contribution is -2.42. The maximum Gasteiger partial charge on any atom is 0.247 e. The van der Waals surface area contributed by atoms with Crippen molar-refractivity contribution in [3.63, 3.8) is 0 Å². The van der Waals surface area contributed by atoms with Crippen molar-refractivity contribution in [2.45, 2.75) is 18.9 Å². The number of hydrogen-bond acceptors (Lipinski definition) is 7. The Bertz CT molecular complexity index is 1450. The number of carbonyl (C=O) groups excluding carboxylic acids is 1. The Morgan fingerprint density at radius 1 is 1.16 bits per heavy atom. The number of ether oxygens (including phenoxy) is 1. The van der Waals surface area contributed by atoms with Gasteiger partial charge in [0.05, 0.1) is 29.9 Å². The zero-order valence-electron chi connectivity index (χ0n) is 22.0. The second-order valence-electron chi connectivity index (χ2n) is 9.61. The molecule has 3 heterocycles. The standard InChI is InChI=1S/C29H33N7O2/c1-5-29(37)34-24-14-25(27(38-4)16-26(24)36-12-10-19(11-13-36)35(2)3)33-28-15-23(31-18-32-28)21-17-30-22-9-7-6-8-20(21)22/h5-9,14-19,30H,1,10-13H2,2-4H3,(H,34,37)(H,31,32,33). The van der Waals surface area contributed by atoms with Gasteiger partial charge in [-0.15, -0.1) is 0 Å². The largest absolute Gasteiger partial charge is 0.494 e. The predicted molar refractivity (Wildman–Crippen MR) is 153 cm³/mol. The van der Waals surface area contributed by atoms with Crippen molar-refractivity contribution >= 4 is 39.7 Å². The Labute approximate surface area is 222 Å². The van der Waals surface area contributed by atoms with Crippen molar-refractivity contribution in [1.82, 2.24) is 19.9 Å². The molecule has 5 rings (SSSR count). The summed E-state index contributed by atoms with van der Waals surface area (Å²) in [4.78, 5) is 29.1. The number of fused-ring (bicyclic) bond motifs is 1. The summed E-state index contributed by atoms with van der Waals surface area (Å²) < 4.78 is 5.78. The van der Waals surface area contributed by atoms with Gasteiger partial charge in [0.25, 0.3) is 0 Å². The van der Waals surface area contributed by atoms with Crippen molar-refractivity contribution in [2.75, 3.05) is 49.8 Å². The van der Waals surface area contributed by atoms with Crippen LogP contribution in [0, 0.1) is 0 Å². The number of carbonyl (C=O) groups is 1. The highest BCUT2D eigenvalue weighted by Crippen LogP contribution is 2.40. The van der Waals surface area contributed by atoms with Crippen LogP contribution in [0.5, 0.6) is 5.75 Å². The minimum atomic E-state index is -0.269. The molecule has 0 unspecified atom stereocenters. The quantitative estimate of drug-likeness (QED) is 0.285. The van der Waals surface area contributed by atoms with E-state index >= 15 is 0 Å². The first-order chi connectivity index (χ1) is 18.5. The van der Waals surface area contributed by atoms with Crippen LogP contribution in [0.15, 0.2) is 67.6 Å². The molecule has 1 aliphatic rings. The van der Waals surface area contributed by atoms with Gasteiger partial charge < -0.3 is 30.2 Å². The third-order valence-corrected chi connectivity index (χ3v) is 7.09. The second-order valence-corrected chi connectivity index (χ2v) is 9.61. The molecule has 0 spiro atoms. The normalized spacial score (nSPS) is 14.1. The fraction of sp³-hybridized carbons (Fsp3) is 0.276. The number of benzene rings is 2. The fourth-order valence-electron chi connectivity index (χ4n) is 5.00. The molecule has 1 saturated heterocycles. The molecule has 0 bridgehead atoms. The Kier molecular flexibility index (Phi) is 7.28. The Balaban J connectivity index is 1.47. The van der Waals surface area contributed by atoms with Gasteiger partial charge in [-0.2, -0.15) is 0 Å². The van der Waals surface area contributed by atoms with Crippen LogP contribution in [0.25, 0.3) is 22.2 Å². The maximum absolute atomic E-state index is 12.3. The van der Waals surface area contributed by atoms with Crippen LogP contribution in [0.4, 0.5) is 22.9 Å². The number of rotatable bonds is 8. The van der Waals surface area contributed by atoms with E-state index in [0.29, 0.717) is 29.0 Å². The molecule has 0 saturated carbocycles. The second kappa shape index (κ2) is 10.9. The summed E-state index contributed by atoms with van der Waals surface area (Å²) in [6.07, 6.45) is 6.85. The zero-order chi connectivity index (χ0) is 26.6. The van der Waals surface area contributed by atoms with Gasteiger partial charge in [-0.1, -0.05) is 24.8 Å². The number of piperidine rings is 1. The lowest BCUT2D eigenvalue weighted by atomic mass is 10.0. The lowest BCUT2D eigenvalue weighted by molar-refractivity contribution is -0.111. The van der Waals surface area contributed by atoms with Gasteiger partial charge in [0.15, 0.2) is 0 Å². The van der Waals surface area contributed by atoms with E-state index in [9.17, 15) is 4.79 Å². The van der Waals surface area contributed by atoms with E-state index in [1.54, 1.807) is 7.11 Å². The molecular formula is C29H33N7O2. The highest BCUT2D eigenvalue weighted by molar-refractivity contribution is 6.02. The van der Waals surface area contributed by atoms with Crippen LogP contribution in [0.2, 0.25) is 0 Å². The molecule has 196 valence electrons. The third-order valence-electron chi connectivity index (χ3n) is 7.09. The summed E-state index contributed by atoms with van der Waals surface area (Å²) in [6.45, 7) is 5.39. The van der Waals surface area contributed by atoms with E-state index in [-0.39, 0.29) is 5.91 Å². The summed E-state index contributed by atoms with van der Waals surface area (Å²) >= 11 is 0. The van der Waals surface area contributed by atoms with Crippen molar-refractivity contribution in [2.24, 2.45) is 0 Å². The van der Waals surface area contributed by atoms with Crippen LogP contribution >= 0.6 is 0 Å². The third kappa shape index (κ3) is 5.19. The minimum Gasteiger partial charge on any atom is -0.494 e. The molecule has 9 nitrogen and oxygen atoms in total. The maximum atomic E-state index is 12.3. The van der Waals surface area contributed by atoms with Crippen molar-refractivity contribution < 1.29 is 9.53 Å². The number of amides is 1. The van der Waals surface area contributed by atoms with Gasteiger partial charge in [0, 0.05) is 53.9 Å². The predicted octanol–water partition coefficient (Wildman–Crippen LogP) is 5.03. The number of nitrogens with one attached hydrogen (secondary N) is 3. The number of nitrogens with zero attached hydrogens (tertiary/aromatic N) is 4. The SMILES string of the molecule is C=CC(=O)Nc1cc(Nc2cc(-c3c[nH]c4ccccc34)ncn2)c(OC)cc1N1CCC(N(C)C)CC1. The monoisotopic (exact) mass is 511 g/mol. The molecule has 38 heavy (non-hydrogen) atoms. The van der Waals surface area contributed by atoms with E-state index in [4.69, 9.17) is 4.74 Å². The molecule has 1 amide bonds. The zero-order valence-corrected chi connectivity index (χ0v) is 22.0.